The topological polar surface area (TPSA) is 46.2 Å². The maximum Gasteiger partial charge on any atom is 0.234 e. The number of benzene rings is 2. The second-order valence-electron chi connectivity index (χ2n) is 5.36. The molecular formula is C17H17NO2S. The molecule has 0 atom stereocenters. The zero-order valence-electron chi connectivity index (χ0n) is 12.0. The van der Waals surface area contributed by atoms with Crippen molar-refractivity contribution in [2.24, 2.45) is 0 Å². The van der Waals surface area contributed by atoms with E-state index in [-0.39, 0.29) is 0 Å². The Bertz CT molecular complexity index is 773. The van der Waals surface area contributed by atoms with Crippen molar-refractivity contribution < 1.29 is 8.42 Å². The molecule has 0 heterocycles. The minimum absolute atomic E-state index is 0.457. The van der Waals surface area contributed by atoms with Crippen LogP contribution in [0.25, 0.3) is 16.7 Å². The van der Waals surface area contributed by atoms with Crippen LogP contribution in [-0.2, 0) is 10.0 Å². The van der Waals surface area contributed by atoms with Gasteiger partial charge in [0, 0.05) is 11.8 Å². The van der Waals surface area contributed by atoms with Crippen LogP contribution in [0.15, 0.2) is 54.7 Å². The Balaban J connectivity index is 2.11. The first-order valence-electron chi connectivity index (χ1n) is 6.91. The third kappa shape index (κ3) is 2.36. The van der Waals surface area contributed by atoms with Gasteiger partial charge in [-0.25, -0.2) is 8.42 Å². The van der Waals surface area contributed by atoms with Crippen molar-refractivity contribution in [1.82, 2.24) is 4.72 Å². The Morgan fingerprint density at radius 1 is 0.857 bits per heavy atom. The predicted molar refractivity (Wildman–Crippen MR) is 86.1 cm³/mol. The van der Waals surface area contributed by atoms with Gasteiger partial charge in [-0.05, 0) is 36.1 Å². The third-order valence-corrected chi connectivity index (χ3v) is 5.40. The van der Waals surface area contributed by atoms with Gasteiger partial charge in [0.1, 0.15) is 0 Å². The average Bonchev–Trinajstić information content (AvgIpc) is 2.79. The van der Waals surface area contributed by atoms with Gasteiger partial charge in [-0.1, -0.05) is 48.5 Å². The van der Waals surface area contributed by atoms with E-state index in [1.165, 1.54) is 0 Å². The Kier molecular flexibility index (Phi) is 3.33. The summed E-state index contributed by atoms with van der Waals surface area (Å²) in [6, 6.07) is 16.1. The first kappa shape index (κ1) is 13.9. The molecule has 0 unspecified atom stereocenters. The number of nitrogens with one attached hydrogen (secondary N) is 1. The number of hydrogen-bond acceptors (Lipinski definition) is 2. The summed E-state index contributed by atoms with van der Waals surface area (Å²) >= 11 is 0. The molecule has 2 aromatic rings. The van der Waals surface area contributed by atoms with Gasteiger partial charge < -0.3 is 0 Å². The lowest BCUT2D eigenvalue weighted by atomic mass is 10.1. The van der Waals surface area contributed by atoms with Gasteiger partial charge in [0.05, 0.1) is 5.25 Å². The molecule has 1 N–H and O–H groups in total. The SMILES string of the molecule is CC(C)S(=O)(=O)NC=C1c2ccccc2-c2ccccc21. The number of fused-ring (bicyclic) bond motifs is 3. The molecule has 3 rings (SSSR count). The van der Waals surface area contributed by atoms with Crippen molar-refractivity contribution in [2.45, 2.75) is 19.1 Å². The Morgan fingerprint density at radius 3 is 1.71 bits per heavy atom. The van der Waals surface area contributed by atoms with Crippen molar-refractivity contribution in [3.63, 3.8) is 0 Å². The fourth-order valence-corrected chi connectivity index (χ4v) is 3.04. The van der Waals surface area contributed by atoms with Crippen LogP contribution in [0.1, 0.15) is 25.0 Å². The zero-order chi connectivity index (χ0) is 15.0. The first-order valence-corrected chi connectivity index (χ1v) is 8.46. The molecule has 0 fully saturated rings. The minimum Gasteiger partial charge on any atom is -0.289 e. The van der Waals surface area contributed by atoms with Gasteiger partial charge in [-0.15, -0.1) is 0 Å². The standard InChI is InChI=1S/C17H17NO2S/c1-12(2)21(19,20)18-11-17-15-9-5-3-7-13(15)14-8-4-6-10-16(14)17/h3-12,18H,1-2H3. The van der Waals surface area contributed by atoms with E-state index in [4.69, 9.17) is 0 Å². The largest absolute Gasteiger partial charge is 0.289 e. The fraction of sp³-hybridized carbons (Fsp3) is 0.176. The maximum atomic E-state index is 12.0. The Labute approximate surface area is 125 Å². The van der Waals surface area contributed by atoms with Crippen molar-refractivity contribution in [2.75, 3.05) is 0 Å². The van der Waals surface area contributed by atoms with E-state index in [1.807, 2.05) is 36.4 Å². The van der Waals surface area contributed by atoms with Crippen molar-refractivity contribution in [3.8, 4) is 11.1 Å². The molecule has 0 radical (unpaired) electrons. The molecule has 0 amide bonds. The lowest BCUT2D eigenvalue weighted by molar-refractivity contribution is 0.581. The van der Waals surface area contributed by atoms with E-state index in [0.717, 1.165) is 27.8 Å². The molecule has 3 nitrogen and oxygen atoms in total. The van der Waals surface area contributed by atoms with E-state index in [1.54, 1.807) is 20.0 Å². The average molecular weight is 299 g/mol. The molecule has 0 saturated carbocycles. The van der Waals surface area contributed by atoms with Gasteiger partial charge in [-0.2, -0.15) is 0 Å². The van der Waals surface area contributed by atoms with Gasteiger partial charge in [0.15, 0.2) is 0 Å². The molecule has 1 aliphatic rings. The first-order chi connectivity index (χ1) is 10.0. The molecule has 4 heteroatoms. The molecule has 0 spiro atoms. The molecule has 108 valence electrons. The van der Waals surface area contributed by atoms with Crippen LogP contribution in [0, 0.1) is 0 Å². The van der Waals surface area contributed by atoms with Crippen molar-refractivity contribution in [3.05, 3.63) is 65.9 Å². The van der Waals surface area contributed by atoms with E-state index in [9.17, 15) is 8.42 Å². The summed E-state index contributed by atoms with van der Waals surface area (Å²) in [5.41, 5.74) is 5.33. The van der Waals surface area contributed by atoms with Gasteiger partial charge >= 0.3 is 0 Å². The third-order valence-electron chi connectivity index (χ3n) is 3.71. The van der Waals surface area contributed by atoms with Crippen molar-refractivity contribution in [1.29, 1.82) is 0 Å². The van der Waals surface area contributed by atoms with E-state index in [0.29, 0.717) is 0 Å². The summed E-state index contributed by atoms with van der Waals surface area (Å²) in [6.07, 6.45) is 1.61. The summed E-state index contributed by atoms with van der Waals surface area (Å²) < 4.78 is 26.5. The molecular weight excluding hydrogens is 282 g/mol. The molecule has 0 aromatic heterocycles. The van der Waals surface area contributed by atoms with E-state index >= 15 is 0 Å². The maximum absolute atomic E-state index is 12.0. The van der Waals surface area contributed by atoms with Crippen LogP contribution in [0.3, 0.4) is 0 Å². The van der Waals surface area contributed by atoms with E-state index in [2.05, 4.69) is 16.9 Å². The van der Waals surface area contributed by atoms with Crippen LogP contribution >= 0.6 is 0 Å². The summed E-state index contributed by atoms with van der Waals surface area (Å²) in [4.78, 5) is 0. The number of sulfonamides is 1. The molecule has 0 saturated heterocycles. The van der Waals surface area contributed by atoms with E-state index < -0.39 is 15.3 Å². The second-order valence-corrected chi connectivity index (χ2v) is 7.63. The molecule has 2 aromatic carbocycles. The van der Waals surface area contributed by atoms with Crippen LogP contribution in [0.2, 0.25) is 0 Å². The smallest absolute Gasteiger partial charge is 0.234 e. The Morgan fingerprint density at radius 2 is 1.29 bits per heavy atom. The second kappa shape index (κ2) is 5.04. The van der Waals surface area contributed by atoms with Crippen LogP contribution in [0.4, 0.5) is 0 Å². The van der Waals surface area contributed by atoms with Gasteiger partial charge in [-0.3, -0.25) is 4.72 Å². The highest BCUT2D eigenvalue weighted by atomic mass is 32.2. The fourth-order valence-electron chi connectivity index (χ4n) is 2.48. The van der Waals surface area contributed by atoms with Crippen LogP contribution < -0.4 is 4.72 Å². The predicted octanol–water partition coefficient (Wildman–Crippen LogP) is 3.38. The highest BCUT2D eigenvalue weighted by molar-refractivity contribution is 7.90. The number of hydrogen-bond donors (Lipinski definition) is 1. The quantitative estimate of drug-likeness (QED) is 0.806. The lowest BCUT2D eigenvalue weighted by Gasteiger charge is -2.09. The monoisotopic (exact) mass is 299 g/mol. The highest BCUT2D eigenvalue weighted by Gasteiger charge is 2.23. The molecule has 0 bridgehead atoms. The normalized spacial score (nSPS) is 13.0. The van der Waals surface area contributed by atoms with Crippen molar-refractivity contribution >= 4 is 15.6 Å². The Hall–Kier alpha value is -2.07. The lowest BCUT2D eigenvalue weighted by Crippen LogP contribution is -2.26. The summed E-state index contributed by atoms with van der Waals surface area (Å²) in [5.74, 6) is 0. The summed E-state index contributed by atoms with van der Waals surface area (Å²) in [5, 5.41) is -0.457. The van der Waals surface area contributed by atoms with Crippen LogP contribution in [-0.4, -0.2) is 13.7 Å². The zero-order valence-corrected chi connectivity index (χ0v) is 12.8. The summed E-state index contributed by atoms with van der Waals surface area (Å²) in [6.45, 7) is 3.33. The molecule has 0 aliphatic heterocycles. The number of rotatable bonds is 3. The van der Waals surface area contributed by atoms with Gasteiger partial charge in [0.25, 0.3) is 0 Å². The summed E-state index contributed by atoms with van der Waals surface area (Å²) in [7, 11) is -3.32. The van der Waals surface area contributed by atoms with Crippen LogP contribution in [0.5, 0.6) is 0 Å². The molecule has 1 aliphatic carbocycles. The van der Waals surface area contributed by atoms with Gasteiger partial charge in [0.2, 0.25) is 10.0 Å². The minimum atomic E-state index is -3.32. The highest BCUT2D eigenvalue weighted by Crippen LogP contribution is 2.43. The molecule has 21 heavy (non-hydrogen) atoms.